The van der Waals surface area contributed by atoms with E-state index < -0.39 is 0 Å². The Kier molecular flexibility index (Phi) is 2.27. The molecule has 0 amide bonds. The second-order valence-electron chi connectivity index (χ2n) is 3.68. The lowest BCUT2D eigenvalue weighted by Crippen LogP contribution is -2.19. The summed E-state index contributed by atoms with van der Waals surface area (Å²) in [7, 11) is 1.74. The molecule has 0 radical (unpaired) electrons. The number of nitrogens with zero attached hydrogens (tertiary/aromatic N) is 2. The van der Waals surface area contributed by atoms with Gasteiger partial charge in [-0.15, -0.1) is 0 Å². The molecule has 0 atom stereocenters. The number of rotatable bonds is 0. The smallest absolute Gasteiger partial charge is 0.253 e. The lowest BCUT2D eigenvalue weighted by molar-refractivity contribution is 0.890. The molecule has 2 aromatic rings. The molecule has 0 unspecified atom stereocenters. The third-order valence-electron chi connectivity index (χ3n) is 2.48. The molecule has 0 saturated heterocycles. The molecular formula is C11H11ClN2O. The van der Waals surface area contributed by atoms with Crippen molar-refractivity contribution in [3.8, 4) is 0 Å². The Morgan fingerprint density at radius 3 is 2.67 bits per heavy atom. The van der Waals surface area contributed by atoms with Crippen LogP contribution in [0.4, 0.5) is 0 Å². The normalized spacial score (nSPS) is 10.9. The average Bonchev–Trinajstić information content (AvgIpc) is 2.17. The van der Waals surface area contributed by atoms with Crippen LogP contribution in [0.5, 0.6) is 0 Å². The van der Waals surface area contributed by atoms with Crippen molar-refractivity contribution >= 4 is 22.5 Å². The Morgan fingerprint density at radius 2 is 2.00 bits per heavy atom. The molecular weight excluding hydrogens is 212 g/mol. The first-order chi connectivity index (χ1) is 7.00. The highest BCUT2D eigenvalue weighted by Crippen LogP contribution is 2.21. The maximum Gasteiger partial charge on any atom is 0.253 e. The van der Waals surface area contributed by atoms with Crippen LogP contribution in [0.25, 0.3) is 10.9 Å². The van der Waals surface area contributed by atoms with Gasteiger partial charge in [-0.1, -0.05) is 11.6 Å². The molecule has 0 bridgehead atoms. The molecule has 0 spiro atoms. The lowest BCUT2D eigenvalue weighted by atomic mass is 10.2. The first-order valence-electron chi connectivity index (χ1n) is 4.64. The minimum atomic E-state index is 0.00386. The summed E-state index contributed by atoms with van der Waals surface area (Å²) in [5.41, 5.74) is 2.32. The zero-order valence-electron chi connectivity index (χ0n) is 8.84. The minimum absolute atomic E-state index is 0.00386. The maximum atomic E-state index is 11.7. The van der Waals surface area contributed by atoms with Crippen LogP contribution in [0, 0.1) is 13.8 Å². The Labute approximate surface area is 92.3 Å². The molecule has 0 aromatic carbocycles. The summed E-state index contributed by atoms with van der Waals surface area (Å²) in [5, 5.41) is 1.27. The summed E-state index contributed by atoms with van der Waals surface area (Å²) in [5.74, 6) is 0. The lowest BCUT2D eigenvalue weighted by Gasteiger charge is -2.08. The molecule has 3 nitrogen and oxygen atoms in total. The van der Waals surface area contributed by atoms with Crippen molar-refractivity contribution < 1.29 is 0 Å². The number of hydrogen-bond acceptors (Lipinski definition) is 2. The Bertz CT molecular complexity index is 602. The second kappa shape index (κ2) is 3.35. The van der Waals surface area contributed by atoms with Crippen molar-refractivity contribution in [2.75, 3.05) is 0 Å². The number of fused-ring (bicyclic) bond motifs is 1. The maximum absolute atomic E-state index is 11.7. The third kappa shape index (κ3) is 1.53. The highest BCUT2D eigenvalue weighted by atomic mass is 35.5. The average molecular weight is 223 g/mol. The van der Waals surface area contributed by atoms with E-state index in [1.807, 2.05) is 13.0 Å². The molecule has 15 heavy (non-hydrogen) atoms. The summed E-state index contributed by atoms with van der Waals surface area (Å²) in [6.07, 6.45) is 0. The van der Waals surface area contributed by atoms with E-state index in [0.29, 0.717) is 10.7 Å². The number of halogens is 1. The van der Waals surface area contributed by atoms with E-state index in [0.717, 1.165) is 16.6 Å². The molecule has 0 fully saturated rings. The summed E-state index contributed by atoms with van der Waals surface area (Å²) in [6, 6.07) is 3.65. The largest absolute Gasteiger partial charge is 0.311 e. The van der Waals surface area contributed by atoms with Crippen LogP contribution in [0.1, 0.15) is 11.3 Å². The highest BCUT2D eigenvalue weighted by molar-refractivity contribution is 6.34. The topological polar surface area (TPSA) is 34.9 Å². The number of aromatic nitrogens is 2. The molecule has 0 aliphatic carbocycles. The van der Waals surface area contributed by atoms with E-state index in [2.05, 4.69) is 4.98 Å². The van der Waals surface area contributed by atoms with Gasteiger partial charge in [0.2, 0.25) is 0 Å². The fourth-order valence-electron chi connectivity index (χ4n) is 1.69. The van der Waals surface area contributed by atoms with Gasteiger partial charge in [-0.25, -0.2) is 4.98 Å². The van der Waals surface area contributed by atoms with Crippen LogP contribution >= 0.6 is 11.6 Å². The van der Waals surface area contributed by atoms with Gasteiger partial charge in [-0.05, 0) is 26.0 Å². The predicted octanol–water partition coefficient (Wildman–Crippen LogP) is 2.20. The summed E-state index contributed by atoms with van der Waals surface area (Å²) in [6.45, 7) is 3.63. The van der Waals surface area contributed by atoms with Crippen LogP contribution in [0.2, 0.25) is 5.15 Å². The van der Waals surface area contributed by atoms with Gasteiger partial charge in [-0.2, -0.15) is 0 Å². The zero-order valence-corrected chi connectivity index (χ0v) is 9.59. The molecule has 2 rings (SSSR count). The van der Waals surface area contributed by atoms with Crippen LogP contribution in [0.15, 0.2) is 16.9 Å². The molecule has 78 valence electrons. The number of hydrogen-bond donors (Lipinski definition) is 0. The molecule has 0 N–H and O–H groups in total. The van der Waals surface area contributed by atoms with Crippen LogP contribution in [-0.4, -0.2) is 9.55 Å². The van der Waals surface area contributed by atoms with Gasteiger partial charge in [0, 0.05) is 23.7 Å². The van der Waals surface area contributed by atoms with Crippen molar-refractivity contribution in [1.29, 1.82) is 0 Å². The summed E-state index contributed by atoms with van der Waals surface area (Å²) >= 11 is 6.03. The van der Waals surface area contributed by atoms with Gasteiger partial charge >= 0.3 is 0 Å². The van der Waals surface area contributed by atoms with E-state index >= 15 is 0 Å². The quantitative estimate of drug-likeness (QED) is 0.641. The van der Waals surface area contributed by atoms with Crippen LogP contribution in [-0.2, 0) is 7.05 Å². The van der Waals surface area contributed by atoms with Gasteiger partial charge in [0.05, 0.1) is 5.52 Å². The van der Waals surface area contributed by atoms with Crippen molar-refractivity contribution in [2.45, 2.75) is 13.8 Å². The molecule has 4 heteroatoms. The Morgan fingerprint density at radius 1 is 1.33 bits per heavy atom. The van der Waals surface area contributed by atoms with E-state index in [-0.39, 0.29) is 5.56 Å². The monoisotopic (exact) mass is 222 g/mol. The highest BCUT2D eigenvalue weighted by Gasteiger charge is 2.07. The van der Waals surface area contributed by atoms with E-state index in [1.54, 1.807) is 24.6 Å². The molecule has 0 saturated carbocycles. The second-order valence-corrected chi connectivity index (χ2v) is 4.04. The van der Waals surface area contributed by atoms with Gasteiger partial charge in [0.15, 0.2) is 0 Å². The van der Waals surface area contributed by atoms with Crippen molar-refractivity contribution in [2.24, 2.45) is 7.05 Å². The number of aryl methyl sites for hydroxylation is 3. The molecule has 2 aromatic heterocycles. The first kappa shape index (κ1) is 10.2. The van der Waals surface area contributed by atoms with Crippen molar-refractivity contribution in [1.82, 2.24) is 9.55 Å². The summed E-state index contributed by atoms with van der Waals surface area (Å²) < 4.78 is 1.60. The third-order valence-corrected chi connectivity index (χ3v) is 2.77. The van der Waals surface area contributed by atoms with Gasteiger partial charge < -0.3 is 4.57 Å². The van der Waals surface area contributed by atoms with Gasteiger partial charge in [-0.3, -0.25) is 4.79 Å². The van der Waals surface area contributed by atoms with E-state index in [1.165, 1.54) is 0 Å². The minimum Gasteiger partial charge on any atom is -0.311 e. The number of pyridine rings is 2. The van der Waals surface area contributed by atoms with Gasteiger partial charge in [0.25, 0.3) is 5.56 Å². The summed E-state index contributed by atoms with van der Waals surface area (Å²) in [4.78, 5) is 15.9. The Balaban J connectivity index is 3.05. The van der Waals surface area contributed by atoms with Crippen molar-refractivity contribution in [3.05, 3.63) is 38.9 Å². The first-order valence-corrected chi connectivity index (χ1v) is 5.02. The molecule has 0 aliphatic rings. The van der Waals surface area contributed by atoms with Crippen LogP contribution in [0.3, 0.4) is 0 Å². The fraction of sp³-hybridized carbons (Fsp3) is 0.273. The van der Waals surface area contributed by atoms with E-state index in [9.17, 15) is 4.79 Å². The van der Waals surface area contributed by atoms with Gasteiger partial charge in [0.1, 0.15) is 5.15 Å². The SMILES string of the molecule is Cc1cc2c(cc(C)c(=O)n2C)c(Cl)n1. The van der Waals surface area contributed by atoms with Crippen LogP contribution < -0.4 is 5.56 Å². The van der Waals surface area contributed by atoms with E-state index in [4.69, 9.17) is 11.6 Å². The molecule has 0 aliphatic heterocycles. The Hall–Kier alpha value is -1.35. The fourth-order valence-corrected chi connectivity index (χ4v) is 1.98. The standard InChI is InChI=1S/C11H11ClN2O/c1-6-4-8-9(14(3)11(6)15)5-7(2)13-10(8)12/h4-5H,1-3H3. The zero-order chi connectivity index (χ0) is 11.2. The molecule has 2 heterocycles. The predicted molar refractivity (Wildman–Crippen MR) is 61.5 cm³/mol. The van der Waals surface area contributed by atoms with Crippen molar-refractivity contribution in [3.63, 3.8) is 0 Å².